The molecule has 5 nitrogen and oxygen atoms in total. The molecule has 1 aliphatic rings. The normalized spacial score (nSPS) is 14.8. The summed E-state index contributed by atoms with van der Waals surface area (Å²) < 4.78 is 27.9. The first-order valence-electron chi connectivity index (χ1n) is 10.4. The van der Waals surface area contributed by atoms with Gasteiger partial charge in [0.1, 0.15) is 5.52 Å². The Morgan fingerprint density at radius 3 is 2.39 bits per heavy atom. The maximum Gasteiger partial charge on any atom is 0.238 e. The van der Waals surface area contributed by atoms with Crippen LogP contribution in [0.25, 0.3) is 10.9 Å². The lowest BCUT2D eigenvalue weighted by Crippen LogP contribution is -2.48. The van der Waals surface area contributed by atoms with Crippen molar-refractivity contribution in [1.29, 1.82) is 0 Å². The number of aromatic nitrogens is 1. The van der Waals surface area contributed by atoms with E-state index in [1.54, 1.807) is 13.0 Å². The van der Waals surface area contributed by atoms with Crippen LogP contribution >= 0.6 is 0 Å². The lowest BCUT2D eigenvalue weighted by Gasteiger charge is -2.36. The second-order valence-electron chi connectivity index (χ2n) is 8.12. The number of nitrogens with one attached hydrogen (secondary N) is 1. The largest absolute Gasteiger partial charge is 0.368 e. The van der Waals surface area contributed by atoms with Gasteiger partial charge in [-0.2, -0.15) is 0 Å². The van der Waals surface area contributed by atoms with Gasteiger partial charge >= 0.3 is 0 Å². The summed E-state index contributed by atoms with van der Waals surface area (Å²) in [4.78, 5) is 21.0. The number of rotatable bonds is 4. The number of carbonyl (C=O) groups excluding carboxylic acids is 1. The van der Waals surface area contributed by atoms with Crippen LogP contribution in [0.1, 0.15) is 16.8 Å². The lowest BCUT2D eigenvalue weighted by atomic mass is 10.1. The summed E-state index contributed by atoms with van der Waals surface area (Å²) >= 11 is 0. The van der Waals surface area contributed by atoms with Crippen LogP contribution in [0.15, 0.2) is 36.4 Å². The van der Waals surface area contributed by atoms with E-state index in [9.17, 15) is 13.6 Å². The van der Waals surface area contributed by atoms with Gasteiger partial charge in [-0.25, -0.2) is 13.8 Å². The molecule has 1 amide bonds. The highest BCUT2D eigenvalue weighted by Gasteiger charge is 2.22. The molecule has 1 N–H and O–H groups in total. The number of hydrogen-bond donors (Lipinski definition) is 1. The van der Waals surface area contributed by atoms with Crippen LogP contribution in [0.2, 0.25) is 0 Å². The number of halogens is 2. The van der Waals surface area contributed by atoms with Gasteiger partial charge in [-0.15, -0.1) is 0 Å². The predicted molar refractivity (Wildman–Crippen MR) is 120 cm³/mol. The molecule has 162 valence electrons. The van der Waals surface area contributed by atoms with Crippen molar-refractivity contribution in [3.05, 3.63) is 64.9 Å². The number of aryl methyl sites for hydroxylation is 3. The van der Waals surface area contributed by atoms with Gasteiger partial charge in [-0.05, 0) is 50.1 Å². The van der Waals surface area contributed by atoms with Crippen molar-refractivity contribution in [2.45, 2.75) is 20.8 Å². The summed E-state index contributed by atoms with van der Waals surface area (Å²) in [5.41, 5.74) is 4.51. The first-order chi connectivity index (χ1) is 14.8. The predicted octanol–water partition coefficient (Wildman–Crippen LogP) is 4.20. The molecule has 2 heterocycles. The van der Waals surface area contributed by atoms with Crippen molar-refractivity contribution < 1.29 is 13.6 Å². The molecule has 3 aromatic rings. The van der Waals surface area contributed by atoms with Crippen molar-refractivity contribution in [1.82, 2.24) is 9.88 Å². The Kier molecular flexibility index (Phi) is 5.87. The van der Waals surface area contributed by atoms with E-state index < -0.39 is 11.6 Å². The highest BCUT2D eigenvalue weighted by Crippen LogP contribution is 2.30. The number of para-hydroxylation sites is 1. The van der Waals surface area contributed by atoms with Gasteiger partial charge in [0.25, 0.3) is 0 Å². The Morgan fingerprint density at radius 1 is 1.03 bits per heavy atom. The van der Waals surface area contributed by atoms with E-state index in [2.05, 4.69) is 20.1 Å². The van der Waals surface area contributed by atoms with Crippen molar-refractivity contribution in [2.75, 3.05) is 42.9 Å². The summed E-state index contributed by atoms with van der Waals surface area (Å²) in [6, 6.07) is 10.6. The molecule has 0 bridgehead atoms. The van der Waals surface area contributed by atoms with Gasteiger partial charge in [-0.3, -0.25) is 9.69 Å². The Morgan fingerprint density at radius 2 is 1.71 bits per heavy atom. The number of fused-ring (bicyclic) bond motifs is 1. The quantitative estimate of drug-likeness (QED) is 0.682. The van der Waals surface area contributed by atoms with Crippen LogP contribution in [0.5, 0.6) is 0 Å². The number of benzene rings is 2. The minimum Gasteiger partial charge on any atom is -0.368 e. The smallest absolute Gasteiger partial charge is 0.238 e. The van der Waals surface area contributed by atoms with Gasteiger partial charge in [0.15, 0.2) is 11.6 Å². The Hall–Kier alpha value is -3.06. The molecule has 0 atom stereocenters. The van der Waals surface area contributed by atoms with Crippen molar-refractivity contribution in [3.63, 3.8) is 0 Å². The van der Waals surface area contributed by atoms with E-state index in [0.29, 0.717) is 43.8 Å². The lowest BCUT2D eigenvalue weighted by molar-refractivity contribution is -0.117. The first kappa shape index (κ1) is 21.2. The Labute approximate surface area is 180 Å². The fraction of sp³-hybridized carbons (Fsp3) is 0.333. The molecule has 0 radical (unpaired) electrons. The van der Waals surface area contributed by atoms with E-state index in [0.717, 1.165) is 28.6 Å². The SMILES string of the molecule is Cc1cc(N2CCN(CC(=O)Nc3c(C)cccc3C)CC2)c2ccc(F)c(F)c2n1. The zero-order valence-electron chi connectivity index (χ0n) is 18.0. The second kappa shape index (κ2) is 8.59. The van der Waals surface area contributed by atoms with Crippen LogP contribution in [-0.4, -0.2) is 48.5 Å². The minimum atomic E-state index is -0.913. The second-order valence-corrected chi connectivity index (χ2v) is 8.12. The number of carbonyl (C=O) groups is 1. The minimum absolute atomic E-state index is 0.0337. The summed E-state index contributed by atoms with van der Waals surface area (Å²) in [5.74, 6) is -1.84. The Balaban J connectivity index is 1.43. The fourth-order valence-corrected chi connectivity index (χ4v) is 4.14. The average Bonchev–Trinajstić information content (AvgIpc) is 2.74. The Bertz CT molecular complexity index is 1120. The van der Waals surface area contributed by atoms with Crippen LogP contribution in [0, 0.1) is 32.4 Å². The first-order valence-corrected chi connectivity index (χ1v) is 10.4. The van der Waals surface area contributed by atoms with Gasteiger partial charge in [0, 0.05) is 48.6 Å². The fourth-order valence-electron chi connectivity index (χ4n) is 4.14. The molecule has 0 aliphatic carbocycles. The molecular formula is C24H26F2N4O. The monoisotopic (exact) mass is 424 g/mol. The van der Waals surface area contributed by atoms with Crippen molar-refractivity contribution in [3.8, 4) is 0 Å². The van der Waals surface area contributed by atoms with Crippen LogP contribution in [-0.2, 0) is 4.79 Å². The highest BCUT2D eigenvalue weighted by atomic mass is 19.2. The topological polar surface area (TPSA) is 48.5 Å². The summed E-state index contributed by atoms with van der Waals surface area (Å²) in [5, 5.41) is 3.63. The number of hydrogen-bond acceptors (Lipinski definition) is 4. The number of nitrogens with zero attached hydrogens (tertiary/aromatic N) is 3. The molecular weight excluding hydrogens is 398 g/mol. The highest BCUT2D eigenvalue weighted by molar-refractivity contribution is 5.94. The molecule has 1 aliphatic heterocycles. The van der Waals surface area contributed by atoms with Crippen LogP contribution in [0.3, 0.4) is 0 Å². The number of pyridine rings is 1. The maximum atomic E-state index is 14.3. The molecule has 1 fully saturated rings. The molecule has 0 unspecified atom stereocenters. The molecule has 2 aromatic carbocycles. The van der Waals surface area contributed by atoms with Crippen molar-refractivity contribution >= 4 is 28.2 Å². The van der Waals surface area contributed by atoms with E-state index in [-0.39, 0.29) is 11.4 Å². The maximum absolute atomic E-state index is 14.3. The van der Waals surface area contributed by atoms with Gasteiger partial charge < -0.3 is 10.2 Å². The molecule has 31 heavy (non-hydrogen) atoms. The number of amides is 1. The summed E-state index contributed by atoms with van der Waals surface area (Å²) in [7, 11) is 0. The standard InChI is InChI=1S/C24H26F2N4O/c1-15-5-4-6-16(2)23(15)28-21(31)14-29-9-11-30(12-10-29)20-13-17(3)27-24-18(20)7-8-19(25)22(24)26/h4-8,13H,9-12,14H2,1-3H3,(H,28,31). The number of piperazine rings is 1. The van der Waals surface area contributed by atoms with Gasteiger partial charge in [0.05, 0.1) is 6.54 Å². The van der Waals surface area contributed by atoms with E-state index in [4.69, 9.17) is 0 Å². The molecule has 0 spiro atoms. The third-order valence-corrected chi connectivity index (χ3v) is 5.80. The zero-order valence-corrected chi connectivity index (χ0v) is 18.0. The van der Waals surface area contributed by atoms with E-state index >= 15 is 0 Å². The third kappa shape index (κ3) is 4.37. The molecule has 1 aromatic heterocycles. The van der Waals surface area contributed by atoms with Crippen LogP contribution in [0.4, 0.5) is 20.2 Å². The molecule has 4 rings (SSSR count). The number of anilines is 2. The van der Waals surface area contributed by atoms with Gasteiger partial charge in [-0.1, -0.05) is 18.2 Å². The molecule has 7 heteroatoms. The zero-order chi connectivity index (χ0) is 22.1. The van der Waals surface area contributed by atoms with E-state index in [1.807, 2.05) is 38.1 Å². The van der Waals surface area contributed by atoms with Crippen LogP contribution < -0.4 is 10.2 Å². The average molecular weight is 424 g/mol. The molecule has 0 saturated carbocycles. The molecule has 1 saturated heterocycles. The van der Waals surface area contributed by atoms with Crippen molar-refractivity contribution in [2.24, 2.45) is 0 Å². The van der Waals surface area contributed by atoms with Gasteiger partial charge in [0.2, 0.25) is 5.91 Å². The third-order valence-electron chi connectivity index (χ3n) is 5.80. The van der Waals surface area contributed by atoms with E-state index in [1.165, 1.54) is 0 Å². The summed E-state index contributed by atoms with van der Waals surface area (Å²) in [6.45, 7) is 8.84. The summed E-state index contributed by atoms with van der Waals surface area (Å²) in [6.07, 6.45) is 0.